The summed E-state index contributed by atoms with van der Waals surface area (Å²) in [5.41, 5.74) is 0.232. The molecule has 0 bridgehead atoms. The van der Waals surface area contributed by atoms with Gasteiger partial charge in [-0.2, -0.15) is 0 Å². The molecule has 1 heterocycles. The molecule has 1 unspecified atom stereocenters. The molecule has 0 aliphatic heterocycles. The number of carbonyl (C=O) groups is 1. The number of amides is 1. The summed E-state index contributed by atoms with van der Waals surface area (Å²) < 4.78 is 46.6. The van der Waals surface area contributed by atoms with Crippen LogP contribution in [0.5, 0.6) is 17.2 Å². The van der Waals surface area contributed by atoms with Gasteiger partial charge in [-0.15, -0.1) is 0 Å². The molecule has 0 aliphatic carbocycles. The maximum atomic E-state index is 12.9. The van der Waals surface area contributed by atoms with Crippen molar-refractivity contribution in [2.75, 3.05) is 18.2 Å². The first kappa shape index (κ1) is 25.4. The molecular weight excluding hydrogens is 479 g/mol. The van der Waals surface area contributed by atoms with Crippen LogP contribution in [0.25, 0.3) is 0 Å². The Hall–Kier alpha value is -3.20. The van der Waals surface area contributed by atoms with Crippen LogP contribution < -0.4 is 20.1 Å². The first-order valence-corrected chi connectivity index (χ1v) is 14.2. The number of anilines is 1. The molecule has 11 heteroatoms. The van der Waals surface area contributed by atoms with Crippen molar-refractivity contribution < 1.29 is 32.1 Å². The van der Waals surface area contributed by atoms with Crippen molar-refractivity contribution in [2.45, 2.75) is 24.8 Å². The molecule has 180 valence electrons. The zero-order valence-electron chi connectivity index (χ0n) is 19.1. The molecule has 0 saturated carbocycles. The van der Waals surface area contributed by atoms with Gasteiger partial charge in [0, 0.05) is 30.7 Å². The predicted molar refractivity (Wildman–Crippen MR) is 129 cm³/mol. The summed E-state index contributed by atoms with van der Waals surface area (Å²) in [6.45, 7) is 4.89. The SMILES string of the molecule is CC(C)Oc1cc(Oc2ccc(S(C)(=O)=O)cc2)cc(C(=O)Nc2ccc(P(C)(=O)O)cn2)c1. The van der Waals surface area contributed by atoms with Gasteiger partial charge in [0.2, 0.25) is 7.37 Å². The average Bonchev–Trinajstić information content (AvgIpc) is 2.72. The van der Waals surface area contributed by atoms with E-state index in [1.165, 1.54) is 55.3 Å². The molecule has 2 N–H and O–H groups in total. The number of benzene rings is 2. The molecule has 0 radical (unpaired) electrons. The van der Waals surface area contributed by atoms with Gasteiger partial charge in [-0.3, -0.25) is 9.36 Å². The third-order valence-corrected chi connectivity index (χ3v) is 6.82. The number of nitrogens with one attached hydrogen (secondary N) is 1. The molecule has 0 aliphatic rings. The molecule has 0 spiro atoms. The third kappa shape index (κ3) is 6.90. The average molecular weight is 505 g/mol. The Balaban J connectivity index is 1.86. The van der Waals surface area contributed by atoms with Crippen LogP contribution in [0.15, 0.2) is 65.7 Å². The van der Waals surface area contributed by atoms with Crippen molar-refractivity contribution in [3.05, 3.63) is 66.4 Å². The Morgan fingerprint density at radius 2 is 1.68 bits per heavy atom. The van der Waals surface area contributed by atoms with E-state index >= 15 is 0 Å². The minimum atomic E-state index is -3.44. The van der Waals surface area contributed by atoms with E-state index in [0.29, 0.717) is 17.2 Å². The largest absolute Gasteiger partial charge is 0.491 e. The highest BCUT2D eigenvalue weighted by Crippen LogP contribution is 2.33. The van der Waals surface area contributed by atoms with Gasteiger partial charge in [-0.05, 0) is 62.4 Å². The first-order chi connectivity index (χ1) is 15.8. The van der Waals surface area contributed by atoms with E-state index in [1.54, 1.807) is 12.1 Å². The van der Waals surface area contributed by atoms with Crippen molar-refractivity contribution in [3.8, 4) is 17.2 Å². The lowest BCUT2D eigenvalue weighted by molar-refractivity contribution is 0.102. The highest BCUT2D eigenvalue weighted by Gasteiger charge is 2.16. The number of rotatable bonds is 8. The van der Waals surface area contributed by atoms with Gasteiger partial charge in [-0.1, -0.05) is 0 Å². The minimum absolute atomic E-state index is 0.155. The molecule has 0 saturated heterocycles. The summed E-state index contributed by atoms with van der Waals surface area (Å²) in [6, 6.07) is 13.5. The predicted octanol–water partition coefficient (Wildman–Crippen LogP) is 3.84. The van der Waals surface area contributed by atoms with Crippen molar-refractivity contribution in [3.63, 3.8) is 0 Å². The topological polar surface area (TPSA) is 132 Å². The van der Waals surface area contributed by atoms with E-state index in [0.717, 1.165) is 6.26 Å². The van der Waals surface area contributed by atoms with Crippen LogP contribution in [-0.4, -0.2) is 43.2 Å². The first-order valence-electron chi connectivity index (χ1n) is 10.2. The van der Waals surface area contributed by atoms with Crippen LogP contribution >= 0.6 is 7.37 Å². The Morgan fingerprint density at radius 3 is 2.21 bits per heavy atom. The van der Waals surface area contributed by atoms with Gasteiger partial charge in [0.15, 0.2) is 9.84 Å². The second-order valence-electron chi connectivity index (χ2n) is 7.94. The van der Waals surface area contributed by atoms with Gasteiger partial charge in [-0.25, -0.2) is 13.4 Å². The van der Waals surface area contributed by atoms with Gasteiger partial charge in [0.1, 0.15) is 23.1 Å². The zero-order valence-corrected chi connectivity index (χ0v) is 20.8. The van der Waals surface area contributed by atoms with Crippen molar-refractivity contribution >= 4 is 34.2 Å². The molecule has 3 aromatic rings. The Morgan fingerprint density at radius 1 is 1.03 bits per heavy atom. The molecule has 3 rings (SSSR count). The Labute approximate surface area is 198 Å². The quantitative estimate of drug-likeness (QED) is 0.442. The van der Waals surface area contributed by atoms with E-state index in [9.17, 15) is 22.7 Å². The number of hydrogen-bond acceptors (Lipinski definition) is 7. The van der Waals surface area contributed by atoms with Crippen LogP contribution in [0.1, 0.15) is 24.2 Å². The fourth-order valence-electron chi connectivity index (χ4n) is 2.89. The van der Waals surface area contributed by atoms with E-state index in [4.69, 9.17) is 9.47 Å². The lowest BCUT2D eigenvalue weighted by atomic mass is 10.2. The van der Waals surface area contributed by atoms with E-state index < -0.39 is 23.1 Å². The van der Waals surface area contributed by atoms with Crippen LogP contribution in [0.4, 0.5) is 5.82 Å². The van der Waals surface area contributed by atoms with Crippen molar-refractivity contribution in [2.24, 2.45) is 0 Å². The number of nitrogens with zero attached hydrogens (tertiary/aromatic N) is 1. The zero-order chi connectivity index (χ0) is 25.1. The Kier molecular flexibility index (Phi) is 7.45. The molecular formula is C23H25N2O7PS. The lowest BCUT2D eigenvalue weighted by Gasteiger charge is -2.14. The number of sulfone groups is 1. The normalized spacial score (nSPS) is 13.2. The molecule has 9 nitrogen and oxygen atoms in total. The highest BCUT2D eigenvalue weighted by atomic mass is 32.2. The summed E-state index contributed by atoms with van der Waals surface area (Å²) in [7, 11) is -6.78. The summed E-state index contributed by atoms with van der Waals surface area (Å²) in [5.74, 6) is 0.809. The number of hydrogen-bond donors (Lipinski definition) is 2. The van der Waals surface area contributed by atoms with Gasteiger partial charge >= 0.3 is 0 Å². The maximum Gasteiger partial charge on any atom is 0.257 e. The smallest absolute Gasteiger partial charge is 0.257 e. The standard InChI is InChI=1S/C23H25N2O7PS/c1-15(2)31-18-11-16(23(26)25-22-10-7-20(14-24-22)33(3,27)28)12-19(13-18)32-17-5-8-21(9-6-17)34(4,29)30/h5-15H,1-4H3,(H,27,28)(H,24,25,26). The summed E-state index contributed by atoms with van der Waals surface area (Å²) in [4.78, 5) is 26.7. The molecule has 1 aromatic heterocycles. The summed E-state index contributed by atoms with van der Waals surface area (Å²) in [6.07, 6.45) is 2.20. The second-order valence-corrected chi connectivity index (χ2v) is 12.2. The number of ether oxygens (including phenoxy) is 2. The van der Waals surface area contributed by atoms with Gasteiger partial charge in [0.05, 0.1) is 16.3 Å². The molecule has 2 aromatic carbocycles. The lowest BCUT2D eigenvalue weighted by Crippen LogP contribution is -2.15. The van der Waals surface area contributed by atoms with Crippen molar-refractivity contribution in [1.29, 1.82) is 0 Å². The number of aromatic nitrogens is 1. The van der Waals surface area contributed by atoms with Crippen molar-refractivity contribution in [1.82, 2.24) is 4.98 Å². The molecule has 34 heavy (non-hydrogen) atoms. The van der Waals surface area contributed by atoms with Gasteiger partial charge < -0.3 is 19.7 Å². The van der Waals surface area contributed by atoms with E-state index in [-0.39, 0.29) is 27.7 Å². The monoisotopic (exact) mass is 504 g/mol. The van der Waals surface area contributed by atoms with Crippen LogP contribution in [0.2, 0.25) is 0 Å². The molecule has 1 atom stereocenters. The molecule has 1 amide bonds. The summed E-state index contributed by atoms with van der Waals surface area (Å²) in [5, 5.41) is 2.81. The second kappa shape index (κ2) is 9.97. The Bertz CT molecular complexity index is 1330. The maximum absolute atomic E-state index is 12.9. The van der Waals surface area contributed by atoms with Gasteiger partial charge in [0.25, 0.3) is 5.91 Å². The van der Waals surface area contributed by atoms with Crippen LogP contribution in [0.3, 0.4) is 0 Å². The number of pyridine rings is 1. The fraction of sp³-hybridized carbons (Fsp3) is 0.217. The minimum Gasteiger partial charge on any atom is -0.491 e. The van der Waals surface area contributed by atoms with E-state index in [2.05, 4.69) is 10.3 Å². The van der Waals surface area contributed by atoms with Crippen LogP contribution in [-0.2, 0) is 14.4 Å². The van der Waals surface area contributed by atoms with E-state index in [1.807, 2.05) is 13.8 Å². The highest BCUT2D eigenvalue weighted by molar-refractivity contribution is 7.90. The fourth-order valence-corrected chi connectivity index (χ4v) is 4.14. The number of carbonyl (C=O) groups excluding carboxylic acids is 1. The summed E-state index contributed by atoms with van der Waals surface area (Å²) >= 11 is 0. The third-order valence-electron chi connectivity index (χ3n) is 4.47. The molecule has 0 fully saturated rings. The van der Waals surface area contributed by atoms with Crippen LogP contribution in [0, 0.1) is 0 Å².